The lowest BCUT2D eigenvalue weighted by Gasteiger charge is -2.11. The molecule has 0 aromatic carbocycles. The Morgan fingerprint density at radius 1 is 1.42 bits per heavy atom. The summed E-state index contributed by atoms with van der Waals surface area (Å²) in [6.45, 7) is 1.39. The molecule has 0 saturated heterocycles. The van der Waals surface area contributed by atoms with Crippen molar-refractivity contribution >= 4 is 40.3 Å². The predicted octanol–water partition coefficient (Wildman–Crippen LogP) is 3.04. The average Bonchev–Trinajstić information content (AvgIpc) is 2.92. The molecule has 0 aliphatic carbocycles. The van der Waals surface area contributed by atoms with E-state index >= 15 is 0 Å². The number of rotatable bonds is 5. The van der Waals surface area contributed by atoms with E-state index in [2.05, 4.69) is 5.10 Å². The van der Waals surface area contributed by atoms with Gasteiger partial charge < -0.3 is 4.90 Å². The minimum absolute atomic E-state index is 0.141. The maximum Gasteiger partial charge on any atom is 0.222 e. The van der Waals surface area contributed by atoms with Gasteiger partial charge in [-0.05, 0) is 26.2 Å². The predicted molar refractivity (Wildman–Crippen MR) is 78.6 cm³/mol. The summed E-state index contributed by atoms with van der Waals surface area (Å²) in [6.07, 6.45) is 1.50. The molecule has 0 aliphatic rings. The van der Waals surface area contributed by atoms with Crippen LogP contribution in [-0.2, 0) is 6.54 Å². The van der Waals surface area contributed by atoms with Gasteiger partial charge in [-0.25, -0.2) is 0 Å². The molecule has 0 unspecified atom stereocenters. The molecular formula is C12H13Cl2N3OS. The fraction of sp³-hybridized carbons (Fsp3) is 0.333. The first kappa shape index (κ1) is 14.5. The van der Waals surface area contributed by atoms with Crippen LogP contribution in [0.4, 0.5) is 0 Å². The van der Waals surface area contributed by atoms with Gasteiger partial charge in [0.15, 0.2) is 0 Å². The third-order valence-electron chi connectivity index (χ3n) is 2.57. The minimum atomic E-state index is -0.141. The van der Waals surface area contributed by atoms with Crippen molar-refractivity contribution in [3.8, 4) is 0 Å². The summed E-state index contributed by atoms with van der Waals surface area (Å²) < 4.78 is 2.22. The number of hydrogen-bond acceptors (Lipinski definition) is 4. The van der Waals surface area contributed by atoms with Crippen molar-refractivity contribution in [2.45, 2.75) is 6.54 Å². The topological polar surface area (TPSA) is 38.1 Å². The second kappa shape index (κ2) is 6.05. The Morgan fingerprint density at radius 3 is 2.74 bits per heavy atom. The fourth-order valence-electron chi connectivity index (χ4n) is 1.61. The Kier molecular flexibility index (Phi) is 4.62. The normalized spacial score (nSPS) is 11.2. The zero-order chi connectivity index (χ0) is 14.0. The van der Waals surface area contributed by atoms with Crippen molar-refractivity contribution in [2.75, 3.05) is 20.6 Å². The third-order valence-corrected chi connectivity index (χ3v) is 4.07. The highest BCUT2D eigenvalue weighted by atomic mass is 35.5. The average molecular weight is 318 g/mol. The molecule has 0 spiro atoms. The first-order chi connectivity index (χ1) is 8.99. The van der Waals surface area contributed by atoms with Gasteiger partial charge in [-0.15, -0.1) is 11.3 Å². The van der Waals surface area contributed by atoms with Crippen molar-refractivity contribution in [2.24, 2.45) is 0 Å². The highest BCUT2D eigenvalue weighted by Gasteiger charge is 2.20. The zero-order valence-electron chi connectivity index (χ0n) is 10.6. The van der Waals surface area contributed by atoms with Crippen molar-refractivity contribution < 1.29 is 4.79 Å². The summed E-state index contributed by atoms with van der Waals surface area (Å²) in [5, 5.41) is 4.52. The Bertz CT molecular complexity index is 592. The molecule has 0 aliphatic heterocycles. The van der Waals surface area contributed by atoms with Gasteiger partial charge in [0.2, 0.25) is 5.78 Å². The number of likely N-dealkylation sites (N-methyl/N-ethyl adjacent to an activating group) is 1. The molecule has 0 fully saturated rings. The molecule has 2 rings (SSSR count). The fourth-order valence-corrected chi connectivity index (χ4v) is 2.82. The SMILES string of the molecule is CN(C)CCn1ncc(Cl)c1C(=O)c1ccc(Cl)s1. The van der Waals surface area contributed by atoms with Crippen molar-refractivity contribution in [1.82, 2.24) is 14.7 Å². The number of nitrogens with zero attached hydrogens (tertiary/aromatic N) is 3. The number of thiophene rings is 1. The number of aromatic nitrogens is 2. The van der Waals surface area contributed by atoms with E-state index in [-0.39, 0.29) is 5.78 Å². The van der Waals surface area contributed by atoms with E-state index < -0.39 is 0 Å². The lowest BCUT2D eigenvalue weighted by Crippen LogP contribution is -2.21. The van der Waals surface area contributed by atoms with Crippen LogP contribution in [0, 0.1) is 0 Å². The van der Waals surface area contributed by atoms with Crippen LogP contribution in [-0.4, -0.2) is 41.1 Å². The lowest BCUT2D eigenvalue weighted by atomic mass is 10.2. The zero-order valence-corrected chi connectivity index (χ0v) is 12.9. The largest absolute Gasteiger partial charge is 0.308 e. The summed E-state index contributed by atoms with van der Waals surface area (Å²) in [5.74, 6) is -0.141. The highest BCUT2D eigenvalue weighted by Crippen LogP contribution is 2.26. The smallest absolute Gasteiger partial charge is 0.222 e. The second-order valence-electron chi connectivity index (χ2n) is 4.30. The Morgan fingerprint density at radius 2 is 2.16 bits per heavy atom. The number of hydrogen-bond donors (Lipinski definition) is 0. The van der Waals surface area contributed by atoms with E-state index in [0.29, 0.717) is 26.5 Å². The molecule has 0 amide bonds. The highest BCUT2D eigenvalue weighted by molar-refractivity contribution is 7.18. The number of halogens is 2. The number of ketones is 1. The quantitative estimate of drug-likeness (QED) is 0.795. The maximum absolute atomic E-state index is 12.4. The summed E-state index contributed by atoms with van der Waals surface area (Å²) in [5.41, 5.74) is 0.419. The first-order valence-electron chi connectivity index (χ1n) is 5.65. The lowest BCUT2D eigenvalue weighted by molar-refractivity contribution is 0.103. The van der Waals surface area contributed by atoms with Gasteiger partial charge in [-0.1, -0.05) is 23.2 Å². The molecule has 19 heavy (non-hydrogen) atoms. The summed E-state index contributed by atoms with van der Waals surface area (Å²) in [6, 6.07) is 3.41. The molecule has 0 N–H and O–H groups in total. The molecule has 0 bridgehead atoms. The Balaban J connectivity index is 2.28. The van der Waals surface area contributed by atoms with Gasteiger partial charge in [-0.3, -0.25) is 9.48 Å². The monoisotopic (exact) mass is 317 g/mol. The van der Waals surface area contributed by atoms with E-state index in [9.17, 15) is 4.79 Å². The molecule has 4 nitrogen and oxygen atoms in total. The van der Waals surface area contributed by atoms with Gasteiger partial charge in [0.05, 0.1) is 27.0 Å². The van der Waals surface area contributed by atoms with Crippen molar-refractivity contribution in [3.05, 3.63) is 38.3 Å². The molecule has 0 radical (unpaired) electrons. The molecule has 0 atom stereocenters. The number of carbonyl (C=O) groups excluding carboxylic acids is 1. The molecule has 2 aromatic heterocycles. The van der Waals surface area contributed by atoms with E-state index in [1.165, 1.54) is 17.5 Å². The van der Waals surface area contributed by atoms with Crippen molar-refractivity contribution in [3.63, 3.8) is 0 Å². The van der Waals surface area contributed by atoms with Crippen LogP contribution in [0.3, 0.4) is 0 Å². The Labute approximate surface area is 125 Å². The van der Waals surface area contributed by atoms with Crippen LogP contribution in [0.1, 0.15) is 15.4 Å². The first-order valence-corrected chi connectivity index (χ1v) is 7.22. The van der Waals surface area contributed by atoms with E-state index in [4.69, 9.17) is 23.2 Å². The van der Waals surface area contributed by atoms with Crippen molar-refractivity contribution in [1.29, 1.82) is 0 Å². The standard InChI is InChI=1S/C12H13Cl2N3OS/c1-16(2)5-6-17-11(8(13)7-15-17)12(18)9-3-4-10(14)19-9/h3-4,7H,5-6H2,1-2H3. The minimum Gasteiger partial charge on any atom is -0.308 e. The molecule has 2 aromatic rings. The summed E-state index contributed by atoms with van der Waals surface area (Å²) in [4.78, 5) is 15.0. The van der Waals surface area contributed by atoms with Gasteiger partial charge in [-0.2, -0.15) is 5.10 Å². The molecule has 102 valence electrons. The summed E-state index contributed by atoms with van der Waals surface area (Å²) in [7, 11) is 3.93. The molecular weight excluding hydrogens is 305 g/mol. The van der Waals surface area contributed by atoms with Crippen LogP contribution in [0.15, 0.2) is 18.3 Å². The number of carbonyl (C=O) groups is 1. The van der Waals surface area contributed by atoms with Gasteiger partial charge >= 0.3 is 0 Å². The van der Waals surface area contributed by atoms with E-state index in [1.807, 2.05) is 19.0 Å². The molecule has 2 heterocycles. The van der Waals surface area contributed by atoms with Crippen LogP contribution < -0.4 is 0 Å². The van der Waals surface area contributed by atoms with Crippen LogP contribution in [0.25, 0.3) is 0 Å². The van der Waals surface area contributed by atoms with Crippen LogP contribution in [0.5, 0.6) is 0 Å². The molecule has 0 saturated carbocycles. The maximum atomic E-state index is 12.4. The van der Waals surface area contributed by atoms with E-state index in [0.717, 1.165) is 6.54 Å². The van der Waals surface area contributed by atoms with E-state index in [1.54, 1.807) is 16.8 Å². The van der Waals surface area contributed by atoms with Gasteiger partial charge in [0, 0.05) is 6.54 Å². The van der Waals surface area contributed by atoms with Crippen LogP contribution in [0.2, 0.25) is 9.36 Å². The third kappa shape index (κ3) is 3.36. The van der Waals surface area contributed by atoms with Gasteiger partial charge in [0.1, 0.15) is 5.69 Å². The van der Waals surface area contributed by atoms with Gasteiger partial charge in [0.25, 0.3) is 0 Å². The second-order valence-corrected chi connectivity index (χ2v) is 6.42. The van der Waals surface area contributed by atoms with Crippen LogP contribution >= 0.6 is 34.5 Å². The summed E-state index contributed by atoms with van der Waals surface area (Å²) >= 11 is 13.2. The Hall–Kier alpha value is -0.880. The molecule has 7 heteroatoms.